The van der Waals surface area contributed by atoms with Crippen molar-refractivity contribution in [1.82, 2.24) is 24.6 Å². The van der Waals surface area contributed by atoms with E-state index in [-0.39, 0.29) is 12.0 Å². The van der Waals surface area contributed by atoms with Gasteiger partial charge in [0.1, 0.15) is 0 Å². The van der Waals surface area contributed by atoms with Crippen molar-refractivity contribution in [3.63, 3.8) is 0 Å². The van der Waals surface area contributed by atoms with Gasteiger partial charge < -0.3 is 14.6 Å². The first-order valence-corrected chi connectivity index (χ1v) is 9.14. The Bertz CT molecular complexity index is 907. The summed E-state index contributed by atoms with van der Waals surface area (Å²) >= 11 is 0. The first kappa shape index (κ1) is 17.5. The van der Waals surface area contributed by atoms with Crippen LogP contribution in [0.4, 0.5) is 0 Å². The van der Waals surface area contributed by atoms with Crippen LogP contribution in [0.25, 0.3) is 16.9 Å². The molecule has 0 aromatic carbocycles. The Morgan fingerprint density at radius 3 is 2.70 bits per heavy atom. The summed E-state index contributed by atoms with van der Waals surface area (Å²) in [6.07, 6.45) is 7.48. The van der Waals surface area contributed by atoms with Crippen molar-refractivity contribution < 1.29 is 9.53 Å². The van der Waals surface area contributed by atoms with E-state index >= 15 is 0 Å². The zero-order chi connectivity index (χ0) is 18.8. The predicted molar refractivity (Wildman–Crippen MR) is 102 cm³/mol. The van der Waals surface area contributed by atoms with Gasteiger partial charge in [-0.3, -0.25) is 9.78 Å². The summed E-state index contributed by atoms with van der Waals surface area (Å²) < 4.78 is 7.18. The summed E-state index contributed by atoms with van der Waals surface area (Å²) in [5, 5.41) is 4.62. The molecule has 27 heavy (non-hydrogen) atoms. The van der Waals surface area contributed by atoms with E-state index in [9.17, 15) is 4.79 Å². The monoisotopic (exact) mass is 365 g/mol. The highest BCUT2D eigenvalue weighted by molar-refractivity contribution is 5.93. The number of nitrogens with one attached hydrogen (secondary N) is 1. The lowest BCUT2D eigenvalue weighted by Gasteiger charge is -2.30. The van der Waals surface area contributed by atoms with E-state index < -0.39 is 0 Å². The topological polar surface area (TPSA) is 76.0 Å². The Labute approximate surface area is 158 Å². The first-order valence-electron chi connectivity index (χ1n) is 9.14. The van der Waals surface area contributed by atoms with Crippen LogP contribution in [-0.2, 0) is 4.74 Å². The van der Waals surface area contributed by atoms with Gasteiger partial charge in [0.15, 0.2) is 5.69 Å². The second-order valence-electron chi connectivity index (χ2n) is 6.81. The Balaban J connectivity index is 1.67. The first-order chi connectivity index (χ1) is 13.2. The smallest absolute Gasteiger partial charge is 0.274 e. The molecule has 7 heteroatoms. The second kappa shape index (κ2) is 7.36. The van der Waals surface area contributed by atoms with Gasteiger partial charge in [-0.1, -0.05) is 0 Å². The molecule has 1 aliphatic heterocycles. The van der Waals surface area contributed by atoms with Crippen LogP contribution < -0.4 is 0 Å². The molecule has 0 aliphatic carbocycles. The lowest BCUT2D eigenvalue weighted by molar-refractivity contribution is 0.0347. The molecule has 0 saturated carbocycles. The molecule has 0 bridgehead atoms. The number of carbonyl (C=O) groups excluding carboxylic acids is 1. The van der Waals surface area contributed by atoms with Gasteiger partial charge in [-0.05, 0) is 44.0 Å². The van der Waals surface area contributed by atoms with E-state index in [2.05, 4.69) is 15.1 Å². The Hall–Kier alpha value is -2.93. The maximum Gasteiger partial charge on any atom is 0.274 e. The lowest BCUT2D eigenvalue weighted by atomic mass is 10.1. The SMILES string of the molecule is COC1CCN(C(=O)c2cc(-c3cc[nH]c3)n(-c3ccc(C)nc3)n2)CC1. The van der Waals surface area contributed by atoms with Crippen molar-refractivity contribution in [1.29, 1.82) is 0 Å². The minimum absolute atomic E-state index is 0.0415. The number of carbonyl (C=O) groups is 1. The fraction of sp³-hybridized carbons (Fsp3) is 0.350. The number of likely N-dealkylation sites (tertiary alicyclic amines) is 1. The normalized spacial score (nSPS) is 15.3. The molecule has 1 fully saturated rings. The fourth-order valence-corrected chi connectivity index (χ4v) is 3.41. The van der Waals surface area contributed by atoms with Crippen LogP contribution >= 0.6 is 0 Å². The average molecular weight is 365 g/mol. The summed E-state index contributed by atoms with van der Waals surface area (Å²) in [7, 11) is 1.72. The second-order valence-corrected chi connectivity index (χ2v) is 6.81. The molecule has 140 valence electrons. The lowest BCUT2D eigenvalue weighted by Crippen LogP contribution is -2.40. The Kier molecular flexibility index (Phi) is 4.77. The predicted octanol–water partition coefficient (Wildman–Crippen LogP) is 2.82. The van der Waals surface area contributed by atoms with Crippen LogP contribution in [0.1, 0.15) is 29.0 Å². The number of hydrogen-bond donors (Lipinski definition) is 1. The van der Waals surface area contributed by atoms with E-state index in [4.69, 9.17) is 4.74 Å². The highest BCUT2D eigenvalue weighted by Crippen LogP contribution is 2.25. The summed E-state index contributed by atoms with van der Waals surface area (Å²) in [5.74, 6) is -0.0415. The zero-order valence-corrected chi connectivity index (χ0v) is 15.6. The zero-order valence-electron chi connectivity index (χ0n) is 15.6. The molecule has 1 N–H and O–H groups in total. The highest BCUT2D eigenvalue weighted by Gasteiger charge is 2.26. The van der Waals surface area contributed by atoms with Crippen LogP contribution in [0, 0.1) is 6.92 Å². The third-order valence-electron chi connectivity index (χ3n) is 5.03. The van der Waals surface area contributed by atoms with E-state index in [1.807, 2.05) is 48.5 Å². The maximum absolute atomic E-state index is 13.0. The number of pyridine rings is 1. The number of H-pyrrole nitrogens is 1. The Morgan fingerprint density at radius 2 is 2.07 bits per heavy atom. The van der Waals surface area contributed by atoms with Crippen molar-refractivity contribution >= 4 is 5.91 Å². The molecule has 3 aromatic heterocycles. The van der Waals surface area contributed by atoms with Gasteiger partial charge in [0, 0.05) is 43.9 Å². The summed E-state index contributed by atoms with van der Waals surface area (Å²) in [6.45, 7) is 3.32. The standard InChI is InChI=1S/C20H23N5O2/c1-14-3-4-16(13-22-14)25-19(15-5-8-21-12-15)11-18(23-25)20(26)24-9-6-17(27-2)7-10-24/h3-5,8,11-13,17,21H,6-7,9-10H2,1-2H3. The minimum atomic E-state index is -0.0415. The summed E-state index contributed by atoms with van der Waals surface area (Å²) in [6, 6.07) is 7.72. The molecule has 1 aliphatic rings. The van der Waals surface area contributed by atoms with Crippen LogP contribution in [-0.4, -0.2) is 56.9 Å². The number of amides is 1. The largest absolute Gasteiger partial charge is 0.381 e. The van der Waals surface area contributed by atoms with Gasteiger partial charge in [-0.2, -0.15) is 5.10 Å². The molecule has 3 aromatic rings. The third kappa shape index (κ3) is 3.50. The van der Waals surface area contributed by atoms with Crippen molar-refractivity contribution in [3.05, 3.63) is 54.2 Å². The van der Waals surface area contributed by atoms with Crippen molar-refractivity contribution in [2.24, 2.45) is 0 Å². The fourth-order valence-electron chi connectivity index (χ4n) is 3.41. The van der Waals surface area contributed by atoms with Crippen LogP contribution in [0.15, 0.2) is 42.9 Å². The molecule has 1 amide bonds. The van der Waals surface area contributed by atoms with Crippen molar-refractivity contribution in [2.75, 3.05) is 20.2 Å². The summed E-state index contributed by atoms with van der Waals surface area (Å²) in [4.78, 5) is 22.3. The van der Waals surface area contributed by atoms with Crippen molar-refractivity contribution in [3.8, 4) is 16.9 Å². The van der Waals surface area contributed by atoms with Gasteiger partial charge in [-0.25, -0.2) is 4.68 Å². The number of aromatic amines is 1. The van der Waals surface area contributed by atoms with Gasteiger partial charge in [0.05, 0.1) is 23.7 Å². The van der Waals surface area contributed by atoms with Crippen molar-refractivity contribution in [2.45, 2.75) is 25.9 Å². The Morgan fingerprint density at radius 1 is 1.26 bits per heavy atom. The van der Waals surface area contributed by atoms with Crippen LogP contribution in [0.2, 0.25) is 0 Å². The number of aromatic nitrogens is 4. The highest BCUT2D eigenvalue weighted by atomic mass is 16.5. The number of aryl methyl sites for hydroxylation is 1. The van der Waals surface area contributed by atoms with Gasteiger partial charge in [-0.15, -0.1) is 0 Å². The molecule has 7 nitrogen and oxygen atoms in total. The average Bonchev–Trinajstić information content (AvgIpc) is 3.38. The quantitative estimate of drug-likeness (QED) is 0.771. The molecule has 4 rings (SSSR count). The van der Waals surface area contributed by atoms with E-state index in [1.54, 1.807) is 18.0 Å². The van der Waals surface area contributed by atoms with E-state index in [1.165, 1.54) is 0 Å². The molecule has 4 heterocycles. The molecular formula is C20H23N5O2. The molecular weight excluding hydrogens is 342 g/mol. The number of nitrogens with zero attached hydrogens (tertiary/aromatic N) is 4. The number of rotatable bonds is 4. The number of methoxy groups -OCH3 is 1. The molecule has 1 saturated heterocycles. The summed E-state index contributed by atoms with van der Waals surface area (Å²) in [5.41, 5.74) is 4.04. The molecule has 0 spiro atoms. The number of piperidine rings is 1. The van der Waals surface area contributed by atoms with Gasteiger partial charge >= 0.3 is 0 Å². The van der Waals surface area contributed by atoms with Crippen LogP contribution in [0.3, 0.4) is 0 Å². The third-order valence-corrected chi connectivity index (χ3v) is 5.03. The van der Waals surface area contributed by atoms with Crippen LogP contribution in [0.5, 0.6) is 0 Å². The van der Waals surface area contributed by atoms with E-state index in [0.29, 0.717) is 18.8 Å². The molecule has 0 unspecified atom stereocenters. The van der Waals surface area contributed by atoms with E-state index in [0.717, 1.165) is 35.5 Å². The molecule has 0 radical (unpaired) electrons. The number of ether oxygens (including phenoxy) is 1. The van der Waals surface area contributed by atoms with Gasteiger partial charge in [0.25, 0.3) is 5.91 Å². The number of hydrogen-bond acceptors (Lipinski definition) is 4. The minimum Gasteiger partial charge on any atom is -0.381 e. The maximum atomic E-state index is 13.0. The van der Waals surface area contributed by atoms with Gasteiger partial charge in [0.2, 0.25) is 0 Å². The molecule has 0 atom stereocenters.